The van der Waals surface area contributed by atoms with Gasteiger partial charge in [0.15, 0.2) is 0 Å². The van der Waals surface area contributed by atoms with E-state index in [1.54, 1.807) is 0 Å². The van der Waals surface area contributed by atoms with Crippen LogP contribution in [-0.2, 0) is 4.74 Å². The second-order valence-corrected chi connectivity index (χ2v) is 5.54. The van der Waals surface area contributed by atoms with Gasteiger partial charge in [0.25, 0.3) is 0 Å². The van der Waals surface area contributed by atoms with Gasteiger partial charge in [-0.15, -0.1) is 0 Å². The normalized spacial score (nSPS) is 24.2. The van der Waals surface area contributed by atoms with Crippen LogP contribution in [0.2, 0.25) is 0 Å². The lowest BCUT2D eigenvalue weighted by Gasteiger charge is -2.27. The van der Waals surface area contributed by atoms with Crippen molar-refractivity contribution < 1.29 is 4.74 Å². The Morgan fingerprint density at radius 2 is 2.20 bits per heavy atom. The molecule has 20 heavy (non-hydrogen) atoms. The third-order valence-electron chi connectivity index (χ3n) is 4.05. The fourth-order valence-electron chi connectivity index (χ4n) is 2.93. The highest BCUT2D eigenvalue weighted by Crippen LogP contribution is 2.15. The summed E-state index contributed by atoms with van der Waals surface area (Å²) in [5.41, 5.74) is 0. The molecule has 0 bridgehead atoms. The third kappa shape index (κ3) is 3.51. The summed E-state index contributed by atoms with van der Waals surface area (Å²) >= 11 is 0. The first kappa shape index (κ1) is 13.4. The molecule has 1 saturated heterocycles. The third-order valence-corrected chi connectivity index (χ3v) is 4.05. The van der Waals surface area contributed by atoms with Crippen molar-refractivity contribution in [3.8, 4) is 0 Å². The number of pyridine rings is 1. The quantitative estimate of drug-likeness (QED) is 0.845. The summed E-state index contributed by atoms with van der Waals surface area (Å²) in [4.78, 5) is 9.38. The van der Waals surface area contributed by atoms with Crippen molar-refractivity contribution >= 4 is 5.82 Å². The molecule has 1 aromatic heterocycles. The second-order valence-electron chi connectivity index (χ2n) is 5.54. The molecule has 4 nitrogen and oxygen atoms in total. The fourth-order valence-corrected chi connectivity index (χ4v) is 2.93. The van der Waals surface area contributed by atoms with Gasteiger partial charge >= 0.3 is 0 Å². The Labute approximate surface area is 121 Å². The molecule has 0 amide bonds. The topological polar surface area (TPSA) is 28.6 Å². The number of hydrogen-bond donors (Lipinski definition) is 0. The van der Waals surface area contributed by atoms with Crippen LogP contribution < -0.4 is 4.90 Å². The van der Waals surface area contributed by atoms with Gasteiger partial charge in [-0.1, -0.05) is 6.07 Å². The number of aromatic nitrogens is 1. The number of nitrogens with zero attached hydrogens (tertiary/aromatic N) is 3. The first-order chi connectivity index (χ1) is 9.92. The molecule has 0 N–H and O–H groups in total. The van der Waals surface area contributed by atoms with E-state index in [1.807, 2.05) is 18.5 Å². The fraction of sp³-hybridized carbons (Fsp3) is 0.562. The van der Waals surface area contributed by atoms with Crippen molar-refractivity contribution in [1.82, 2.24) is 9.88 Å². The Bertz CT molecular complexity index is 435. The summed E-state index contributed by atoms with van der Waals surface area (Å²) < 4.78 is 5.68. The van der Waals surface area contributed by atoms with E-state index < -0.39 is 0 Å². The molecule has 0 radical (unpaired) electrons. The number of rotatable bonds is 3. The Balaban J connectivity index is 1.53. The van der Waals surface area contributed by atoms with Crippen molar-refractivity contribution in [1.29, 1.82) is 0 Å². The highest BCUT2D eigenvalue weighted by molar-refractivity contribution is 5.37. The number of allylic oxidation sites excluding steroid dienone is 1. The van der Waals surface area contributed by atoms with Crippen LogP contribution in [0.5, 0.6) is 0 Å². The molecule has 0 unspecified atom stereocenters. The van der Waals surface area contributed by atoms with Gasteiger partial charge < -0.3 is 9.64 Å². The van der Waals surface area contributed by atoms with E-state index in [4.69, 9.17) is 4.74 Å². The Kier molecular flexibility index (Phi) is 4.53. The Morgan fingerprint density at radius 1 is 1.20 bits per heavy atom. The standard InChI is InChI=1S/C16H23N3O/c1-3-8-17-16(7-1)19-10-5-9-18(11-12-19)14-15-6-2-4-13-20-15/h1,3-4,7-8,13,15H,2,5-6,9-12,14H2/t15-/m1/s1. The van der Waals surface area contributed by atoms with E-state index in [1.165, 1.54) is 6.42 Å². The minimum Gasteiger partial charge on any atom is -0.497 e. The van der Waals surface area contributed by atoms with Gasteiger partial charge in [0.1, 0.15) is 11.9 Å². The van der Waals surface area contributed by atoms with E-state index in [0.29, 0.717) is 6.10 Å². The van der Waals surface area contributed by atoms with Gasteiger partial charge in [0.2, 0.25) is 0 Å². The van der Waals surface area contributed by atoms with Gasteiger partial charge in [0.05, 0.1) is 6.26 Å². The maximum atomic E-state index is 5.68. The summed E-state index contributed by atoms with van der Waals surface area (Å²) in [5.74, 6) is 1.10. The lowest BCUT2D eigenvalue weighted by molar-refractivity contribution is 0.0815. The van der Waals surface area contributed by atoms with Gasteiger partial charge in [-0.05, 0) is 37.5 Å². The number of ether oxygens (including phenoxy) is 1. The van der Waals surface area contributed by atoms with Crippen LogP contribution in [0.4, 0.5) is 5.82 Å². The van der Waals surface area contributed by atoms with Crippen molar-refractivity contribution in [2.45, 2.75) is 25.4 Å². The maximum Gasteiger partial charge on any atom is 0.128 e. The van der Waals surface area contributed by atoms with Crippen LogP contribution in [0.15, 0.2) is 36.7 Å². The number of anilines is 1. The zero-order valence-corrected chi connectivity index (χ0v) is 11.9. The second kappa shape index (κ2) is 6.75. The van der Waals surface area contributed by atoms with Gasteiger partial charge in [0, 0.05) is 38.9 Å². The summed E-state index contributed by atoms with van der Waals surface area (Å²) in [5, 5.41) is 0. The van der Waals surface area contributed by atoms with Crippen LogP contribution in [0.1, 0.15) is 19.3 Å². The molecular weight excluding hydrogens is 250 g/mol. The minimum absolute atomic E-state index is 0.376. The lowest BCUT2D eigenvalue weighted by atomic mass is 10.1. The Hall–Kier alpha value is -1.55. The Morgan fingerprint density at radius 3 is 3.00 bits per heavy atom. The molecule has 0 aliphatic carbocycles. The largest absolute Gasteiger partial charge is 0.497 e. The summed E-state index contributed by atoms with van der Waals surface area (Å²) in [7, 11) is 0. The molecule has 1 atom stereocenters. The molecule has 3 heterocycles. The smallest absolute Gasteiger partial charge is 0.128 e. The molecule has 2 aliphatic rings. The maximum absolute atomic E-state index is 5.68. The van der Waals surface area contributed by atoms with Crippen LogP contribution >= 0.6 is 0 Å². The summed E-state index contributed by atoms with van der Waals surface area (Å²) in [6.45, 7) is 5.46. The molecule has 2 aliphatic heterocycles. The SMILES string of the molecule is C1=CO[C@@H](CN2CCCN(c3ccccn3)CC2)CC1. The van der Waals surface area contributed by atoms with Gasteiger partial charge in [-0.3, -0.25) is 4.90 Å². The first-order valence-electron chi connectivity index (χ1n) is 7.60. The van der Waals surface area contributed by atoms with Crippen molar-refractivity contribution in [3.05, 3.63) is 36.7 Å². The molecular formula is C16H23N3O. The van der Waals surface area contributed by atoms with E-state index in [9.17, 15) is 0 Å². The van der Waals surface area contributed by atoms with Crippen molar-refractivity contribution in [2.24, 2.45) is 0 Å². The number of hydrogen-bond acceptors (Lipinski definition) is 4. The van der Waals surface area contributed by atoms with E-state index in [2.05, 4.69) is 33.0 Å². The minimum atomic E-state index is 0.376. The predicted octanol–water partition coefficient (Wildman–Crippen LogP) is 2.29. The molecule has 1 fully saturated rings. The summed E-state index contributed by atoms with van der Waals surface area (Å²) in [6.07, 6.45) is 9.73. The average molecular weight is 273 g/mol. The van der Waals surface area contributed by atoms with E-state index >= 15 is 0 Å². The predicted molar refractivity (Wildman–Crippen MR) is 80.8 cm³/mol. The van der Waals surface area contributed by atoms with Crippen molar-refractivity contribution in [2.75, 3.05) is 37.6 Å². The van der Waals surface area contributed by atoms with Crippen LogP contribution in [0.25, 0.3) is 0 Å². The average Bonchev–Trinajstić information content (AvgIpc) is 2.75. The zero-order chi connectivity index (χ0) is 13.6. The van der Waals surface area contributed by atoms with E-state index in [-0.39, 0.29) is 0 Å². The molecule has 4 heteroatoms. The van der Waals surface area contributed by atoms with Crippen molar-refractivity contribution in [3.63, 3.8) is 0 Å². The highest BCUT2D eigenvalue weighted by atomic mass is 16.5. The zero-order valence-electron chi connectivity index (χ0n) is 11.9. The monoisotopic (exact) mass is 273 g/mol. The molecule has 3 rings (SSSR count). The van der Waals surface area contributed by atoms with Gasteiger partial charge in [-0.2, -0.15) is 0 Å². The van der Waals surface area contributed by atoms with Gasteiger partial charge in [-0.25, -0.2) is 4.98 Å². The van der Waals surface area contributed by atoms with Crippen LogP contribution in [-0.4, -0.2) is 48.7 Å². The van der Waals surface area contributed by atoms with E-state index in [0.717, 1.165) is 51.4 Å². The van der Waals surface area contributed by atoms with Crippen LogP contribution in [0.3, 0.4) is 0 Å². The highest BCUT2D eigenvalue weighted by Gasteiger charge is 2.20. The molecule has 1 aromatic rings. The summed E-state index contributed by atoms with van der Waals surface area (Å²) in [6, 6.07) is 6.14. The molecule has 108 valence electrons. The molecule has 0 aromatic carbocycles. The van der Waals surface area contributed by atoms with Crippen LogP contribution in [0, 0.1) is 0 Å². The first-order valence-corrected chi connectivity index (χ1v) is 7.60. The lowest BCUT2D eigenvalue weighted by Crippen LogP contribution is -2.37. The molecule has 0 spiro atoms. The molecule has 0 saturated carbocycles.